The number of carboxylic acid groups (broad SMARTS) is 1. The molecular formula is C35H41F2N5O8S. The number of aromatic nitrogens is 1. The Labute approximate surface area is 293 Å². The molecule has 3 fully saturated rings. The summed E-state index contributed by atoms with van der Waals surface area (Å²) in [6.45, 7) is 1.33. The molecule has 4 amide bonds. The number of nitrogens with zero attached hydrogens (tertiary/aromatic N) is 2. The zero-order valence-electron chi connectivity index (χ0n) is 28.1. The summed E-state index contributed by atoms with van der Waals surface area (Å²) in [6, 6.07) is 4.37. The molecule has 51 heavy (non-hydrogen) atoms. The van der Waals surface area contributed by atoms with E-state index in [4.69, 9.17) is 4.74 Å². The molecule has 4 N–H and O–H groups in total. The van der Waals surface area contributed by atoms with Crippen molar-refractivity contribution >= 4 is 44.7 Å². The summed E-state index contributed by atoms with van der Waals surface area (Å²) < 4.78 is 62.6. The number of alkyl halides is 2. The lowest BCUT2D eigenvalue weighted by atomic mass is 9.87. The molecule has 0 bridgehead atoms. The molecule has 5 aliphatic rings. The molecule has 1 aromatic carbocycles. The number of carbonyl (C=O) groups excluding carboxylic acids is 3. The van der Waals surface area contributed by atoms with Crippen LogP contribution in [0.4, 0.5) is 13.6 Å². The van der Waals surface area contributed by atoms with Crippen molar-refractivity contribution in [1.29, 1.82) is 0 Å². The Morgan fingerprint density at radius 2 is 1.88 bits per heavy atom. The number of aryl methyl sites for hydroxylation is 1. The number of benzene rings is 1. The summed E-state index contributed by atoms with van der Waals surface area (Å²) in [5, 5.41) is 15.4. The van der Waals surface area contributed by atoms with E-state index in [9.17, 15) is 41.5 Å². The first kappa shape index (κ1) is 35.1. The van der Waals surface area contributed by atoms with Crippen LogP contribution < -0.4 is 20.1 Å². The molecule has 7 rings (SSSR count). The van der Waals surface area contributed by atoms with Gasteiger partial charge >= 0.3 is 6.09 Å². The molecule has 1 aromatic heterocycles. The topological polar surface area (TPSA) is 184 Å². The molecule has 13 nitrogen and oxygen atoms in total. The number of fused-ring (bicyclic) bond motifs is 5. The van der Waals surface area contributed by atoms with Crippen molar-refractivity contribution in [2.45, 2.75) is 112 Å². The highest BCUT2D eigenvalue weighted by atomic mass is 32.2. The summed E-state index contributed by atoms with van der Waals surface area (Å²) >= 11 is 0. The SMILES string of the molecule is CC1(S(=O)(=O)NC(=O)[C@@]23C[C@H]2C=CCCCCC[C@H](NC(=O)O)C(=O)N2C[C@@]4(CCc5c(c(C(F)F)nc6ccccc56)O4)C[C@H]2C(=O)N3)CC1. The van der Waals surface area contributed by atoms with Crippen LogP contribution in [-0.2, 0) is 30.8 Å². The quantitative estimate of drug-likeness (QED) is 0.332. The van der Waals surface area contributed by atoms with E-state index in [-0.39, 0.29) is 44.4 Å². The number of amides is 4. The molecule has 3 aliphatic heterocycles. The van der Waals surface area contributed by atoms with E-state index in [1.165, 1.54) is 4.90 Å². The fourth-order valence-corrected chi connectivity index (χ4v) is 9.12. The molecule has 2 aliphatic carbocycles. The Morgan fingerprint density at radius 1 is 1.12 bits per heavy atom. The third-order valence-electron chi connectivity index (χ3n) is 11.2. The summed E-state index contributed by atoms with van der Waals surface area (Å²) in [6.07, 6.45) is 3.25. The zero-order chi connectivity index (χ0) is 36.3. The van der Waals surface area contributed by atoms with Crippen molar-refractivity contribution in [3.8, 4) is 5.75 Å². The maximum Gasteiger partial charge on any atom is 0.405 e. The van der Waals surface area contributed by atoms with Crippen molar-refractivity contribution < 1.29 is 46.2 Å². The summed E-state index contributed by atoms with van der Waals surface area (Å²) in [7, 11) is -4.04. The molecule has 5 atom stereocenters. The molecule has 1 saturated heterocycles. The van der Waals surface area contributed by atoms with Crippen LogP contribution in [0.1, 0.15) is 88.8 Å². The Morgan fingerprint density at radius 3 is 2.61 bits per heavy atom. The van der Waals surface area contributed by atoms with Gasteiger partial charge in [-0.15, -0.1) is 0 Å². The van der Waals surface area contributed by atoms with Gasteiger partial charge in [-0.05, 0) is 64.4 Å². The smallest absolute Gasteiger partial charge is 0.405 e. The van der Waals surface area contributed by atoms with Crippen LogP contribution in [0.25, 0.3) is 10.9 Å². The van der Waals surface area contributed by atoms with Crippen molar-refractivity contribution in [2.24, 2.45) is 5.92 Å². The molecule has 16 heteroatoms. The van der Waals surface area contributed by atoms with Gasteiger partial charge < -0.3 is 25.4 Å². The number of nitrogens with one attached hydrogen (secondary N) is 3. The first-order valence-electron chi connectivity index (χ1n) is 17.4. The number of halogens is 2. The van der Waals surface area contributed by atoms with Crippen molar-refractivity contribution in [1.82, 2.24) is 25.2 Å². The van der Waals surface area contributed by atoms with E-state index >= 15 is 0 Å². The first-order valence-corrected chi connectivity index (χ1v) is 18.9. The number of allylic oxidation sites excluding steroid dienone is 1. The molecular weight excluding hydrogens is 688 g/mol. The minimum Gasteiger partial charge on any atom is -0.483 e. The highest BCUT2D eigenvalue weighted by Gasteiger charge is 2.64. The normalized spacial score (nSPS) is 30.3. The van der Waals surface area contributed by atoms with Gasteiger partial charge in [-0.25, -0.2) is 27.0 Å². The maximum absolute atomic E-state index is 14.5. The van der Waals surface area contributed by atoms with E-state index in [0.717, 1.165) is 0 Å². The number of rotatable bonds is 5. The summed E-state index contributed by atoms with van der Waals surface area (Å²) in [5.74, 6) is -2.93. The monoisotopic (exact) mass is 729 g/mol. The second-order valence-corrected chi connectivity index (χ2v) is 17.0. The van der Waals surface area contributed by atoms with Gasteiger partial charge in [0.25, 0.3) is 12.3 Å². The fraction of sp³-hybridized carbons (Fsp3) is 0.571. The lowest BCUT2D eigenvalue weighted by Gasteiger charge is -2.37. The average Bonchev–Trinajstić information content (AvgIpc) is 3.97. The van der Waals surface area contributed by atoms with Crippen LogP contribution in [0.5, 0.6) is 5.75 Å². The van der Waals surface area contributed by atoms with Crippen LogP contribution >= 0.6 is 0 Å². The van der Waals surface area contributed by atoms with E-state index in [1.807, 2.05) is 6.08 Å². The second kappa shape index (κ2) is 12.7. The van der Waals surface area contributed by atoms with Crippen molar-refractivity contribution in [3.05, 3.63) is 47.7 Å². The maximum atomic E-state index is 14.5. The Kier molecular flexibility index (Phi) is 8.74. The average molecular weight is 730 g/mol. The van der Waals surface area contributed by atoms with E-state index in [2.05, 4.69) is 20.3 Å². The highest BCUT2D eigenvalue weighted by Crippen LogP contribution is 2.49. The number of pyridine rings is 1. The first-order chi connectivity index (χ1) is 24.2. The minimum atomic E-state index is -4.04. The number of sulfonamides is 1. The van der Waals surface area contributed by atoms with E-state index in [0.29, 0.717) is 55.0 Å². The number of carbonyl (C=O) groups is 4. The molecule has 4 heterocycles. The van der Waals surface area contributed by atoms with Gasteiger partial charge in [0.1, 0.15) is 28.9 Å². The van der Waals surface area contributed by atoms with Gasteiger partial charge in [0.05, 0.1) is 16.8 Å². The Balaban J connectivity index is 1.25. The third-order valence-corrected chi connectivity index (χ3v) is 13.4. The largest absolute Gasteiger partial charge is 0.483 e. The Hall–Kier alpha value is -4.34. The Bertz CT molecular complexity index is 1940. The van der Waals surface area contributed by atoms with Crippen LogP contribution in [0.2, 0.25) is 0 Å². The van der Waals surface area contributed by atoms with Crippen molar-refractivity contribution in [3.63, 3.8) is 0 Å². The predicted octanol–water partition coefficient (Wildman–Crippen LogP) is 3.87. The predicted molar refractivity (Wildman–Crippen MR) is 179 cm³/mol. The molecule has 1 spiro atoms. The van der Waals surface area contributed by atoms with Crippen molar-refractivity contribution in [2.75, 3.05) is 6.54 Å². The lowest BCUT2D eigenvalue weighted by molar-refractivity contribution is -0.141. The molecule has 274 valence electrons. The minimum absolute atomic E-state index is 0.104. The van der Waals surface area contributed by atoms with Gasteiger partial charge in [-0.3, -0.25) is 19.1 Å². The molecule has 2 saturated carbocycles. The zero-order valence-corrected chi connectivity index (χ0v) is 28.9. The fourth-order valence-electron chi connectivity index (χ4n) is 7.80. The van der Waals surface area contributed by atoms with Crippen LogP contribution in [0.3, 0.4) is 0 Å². The molecule has 0 unspecified atom stereocenters. The number of ether oxygens (including phenoxy) is 1. The molecule has 0 radical (unpaired) electrons. The highest BCUT2D eigenvalue weighted by molar-refractivity contribution is 7.91. The molecule has 2 aromatic rings. The second-order valence-electron chi connectivity index (χ2n) is 14.8. The lowest BCUT2D eigenvalue weighted by Crippen LogP contribution is -2.58. The van der Waals surface area contributed by atoms with E-state index < -0.39 is 79.8 Å². The number of para-hydroxylation sites is 1. The summed E-state index contributed by atoms with van der Waals surface area (Å²) in [5.41, 5.74) is -2.55. The summed E-state index contributed by atoms with van der Waals surface area (Å²) in [4.78, 5) is 59.6. The number of hydrogen-bond donors (Lipinski definition) is 4. The van der Waals surface area contributed by atoms with Crippen LogP contribution in [0.15, 0.2) is 36.4 Å². The van der Waals surface area contributed by atoms with Crippen LogP contribution in [-0.4, -0.2) is 81.7 Å². The third kappa shape index (κ3) is 6.40. The van der Waals surface area contributed by atoms with Crippen LogP contribution in [0, 0.1) is 5.92 Å². The number of hydrogen-bond acceptors (Lipinski definition) is 8. The van der Waals surface area contributed by atoms with Gasteiger partial charge in [-0.1, -0.05) is 43.2 Å². The van der Waals surface area contributed by atoms with Gasteiger partial charge in [-0.2, -0.15) is 0 Å². The van der Waals surface area contributed by atoms with Gasteiger partial charge in [0.2, 0.25) is 21.8 Å². The van der Waals surface area contributed by atoms with E-state index in [1.54, 1.807) is 37.3 Å². The standard InChI is InChI=1S/C35H41F2N5O8S/c1-33(15-16-33)51(48,49)41-31(45)35-17-20(35)9-5-3-2-4-6-12-24(39-32(46)47)30(44)42-19-34(18-25(42)29(43)40-35)14-13-22-21-10-7-8-11-23(21)38-26(28(36)37)27(22)50-34/h5,7-11,20,24-25,28,39H,2-4,6,12-19H2,1H3,(H,40,43)(H,41,45)(H,46,47)/t20-,24+,25+,34-,35-/m1/s1. The van der Waals surface area contributed by atoms with Gasteiger partial charge in [0.15, 0.2) is 5.75 Å². The van der Waals surface area contributed by atoms with Gasteiger partial charge in [0, 0.05) is 23.3 Å².